The Kier molecular flexibility index (Phi) is 4.48. The van der Waals surface area contributed by atoms with E-state index in [0.717, 1.165) is 18.1 Å². The minimum Gasteiger partial charge on any atom is -0.456 e. The van der Waals surface area contributed by atoms with Gasteiger partial charge < -0.3 is 10.1 Å². The Morgan fingerprint density at radius 2 is 2.06 bits per heavy atom. The van der Waals surface area contributed by atoms with E-state index < -0.39 is 24.4 Å². The van der Waals surface area contributed by atoms with E-state index >= 15 is 0 Å². The summed E-state index contributed by atoms with van der Waals surface area (Å²) in [5.41, 5.74) is 0. The molecule has 1 saturated carbocycles. The molecule has 0 aromatic rings. The topological polar surface area (TPSA) is 38.3 Å². The number of halogens is 2. The lowest BCUT2D eigenvalue weighted by molar-refractivity contribution is -0.159. The van der Waals surface area contributed by atoms with Gasteiger partial charge in [-0.25, -0.2) is 4.79 Å². The summed E-state index contributed by atoms with van der Waals surface area (Å²) in [5, 5.41) is 3.98. The van der Waals surface area contributed by atoms with Crippen LogP contribution < -0.4 is 5.32 Å². The molecule has 1 aliphatic heterocycles. The first-order valence-electron chi connectivity index (χ1n) is 6.36. The molecule has 1 saturated heterocycles. The molecule has 1 atom stereocenters. The molecule has 1 aliphatic carbocycles. The van der Waals surface area contributed by atoms with Gasteiger partial charge >= 0.3 is 11.9 Å². The van der Waals surface area contributed by atoms with Gasteiger partial charge in [0.25, 0.3) is 0 Å². The predicted octanol–water partition coefficient (Wildman–Crippen LogP) is 2.20. The molecule has 1 unspecified atom stereocenters. The number of rotatable bonds is 4. The molecule has 0 spiro atoms. The van der Waals surface area contributed by atoms with Crippen LogP contribution in [0.25, 0.3) is 0 Å². The molecule has 0 radical (unpaired) electrons. The van der Waals surface area contributed by atoms with Crippen molar-refractivity contribution in [2.45, 2.75) is 55.4 Å². The van der Waals surface area contributed by atoms with Crippen molar-refractivity contribution in [3.05, 3.63) is 0 Å². The van der Waals surface area contributed by atoms with Crippen LogP contribution in [0.1, 0.15) is 32.1 Å². The lowest BCUT2D eigenvalue weighted by atomic mass is 9.95. The minimum atomic E-state index is -3.29. The standard InChI is InChI=1S/C12H19F2NO2S/c1-18-10-4-2-8(3-5-10)15-7-9-6-12(13,14)11(16)17-9/h8-10,15H,2-7H2,1H3. The third-order valence-corrected chi connectivity index (χ3v) is 4.84. The summed E-state index contributed by atoms with van der Waals surface area (Å²) in [4.78, 5) is 10.8. The van der Waals surface area contributed by atoms with Crippen LogP contribution >= 0.6 is 11.8 Å². The number of esters is 1. The van der Waals surface area contributed by atoms with Gasteiger partial charge in [-0.2, -0.15) is 20.5 Å². The molecular formula is C12H19F2NO2S. The van der Waals surface area contributed by atoms with Crippen molar-refractivity contribution in [2.24, 2.45) is 0 Å². The van der Waals surface area contributed by atoms with Gasteiger partial charge in [0, 0.05) is 17.8 Å². The first-order chi connectivity index (χ1) is 8.51. The summed E-state index contributed by atoms with van der Waals surface area (Å²) in [6.45, 7) is 0.343. The molecule has 0 aromatic heterocycles. The average Bonchev–Trinajstić information content (AvgIpc) is 2.61. The molecule has 2 rings (SSSR count). The Morgan fingerprint density at radius 3 is 2.56 bits per heavy atom. The smallest absolute Gasteiger partial charge is 0.377 e. The summed E-state index contributed by atoms with van der Waals surface area (Å²) >= 11 is 1.89. The zero-order chi connectivity index (χ0) is 13.2. The van der Waals surface area contributed by atoms with Crippen LogP contribution in [0.5, 0.6) is 0 Å². The van der Waals surface area contributed by atoms with Crippen LogP contribution in [-0.4, -0.2) is 42.1 Å². The number of hydrogen-bond donors (Lipinski definition) is 1. The second-order valence-corrected chi connectivity index (χ2v) is 6.19. The number of cyclic esters (lactones) is 1. The molecular weight excluding hydrogens is 260 g/mol. The number of thioether (sulfide) groups is 1. The van der Waals surface area contributed by atoms with Gasteiger partial charge in [0.15, 0.2) is 0 Å². The SMILES string of the molecule is CSC1CCC(NCC2CC(F)(F)C(=O)O2)CC1. The van der Waals surface area contributed by atoms with E-state index in [-0.39, 0.29) is 0 Å². The molecule has 3 nitrogen and oxygen atoms in total. The fourth-order valence-corrected chi connectivity index (χ4v) is 3.31. The molecule has 2 fully saturated rings. The molecule has 6 heteroatoms. The molecule has 18 heavy (non-hydrogen) atoms. The van der Waals surface area contributed by atoms with E-state index in [4.69, 9.17) is 0 Å². The lowest BCUT2D eigenvalue weighted by Crippen LogP contribution is -2.38. The lowest BCUT2D eigenvalue weighted by Gasteiger charge is -2.28. The summed E-state index contributed by atoms with van der Waals surface area (Å²) in [6.07, 6.45) is 5.44. The first-order valence-corrected chi connectivity index (χ1v) is 7.65. The molecule has 1 N–H and O–H groups in total. The highest BCUT2D eigenvalue weighted by Crippen LogP contribution is 2.31. The number of ether oxygens (including phenoxy) is 1. The number of alkyl halides is 2. The Hall–Kier alpha value is -0.360. The quantitative estimate of drug-likeness (QED) is 0.801. The fraction of sp³-hybridized carbons (Fsp3) is 0.917. The maximum Gasteiger partial charge on any atom is 0.377 e. The highest BCUT2D eigenvalue weighted by atomic mass is 32.2. The predicted molar refractivity (Wildman–Crippen MR) is 67.0 cm³/mol. The van der Waals surface area contributed by atoms with E-state index in [1.54, 1.807) is 0 Å². The van der Waals surface area contributed by atoms with Crippen molar-refractivity contribution >= 4 is 17.7 Å². The minimum absolute atomic E-state index is 0.343. The van der Waals surface area contributed by atoms with E-state index in [0.29, 0.717) is 12.6 Å². The molecule has 104 valence electrons. The monoisotopic (exact) mass is 279 g/mol. The summed E-state index contributed by atoms with van der Waals surface area (Å²) in [6, 6.07) is 0.376. The van der Waals surface area contributed by atoms with Gasteiger partial charge in [0.05, 0.1) is 6.42 Å². The van der Waals surface area contributed by atoms with Crippen LogP contribution in [0.15, 0.2) is 0 Å². The van der Waals surface area contributed by atoms with Crippen LogP contribution in [-0.2, 0) is 9.53 Å². The molecule has 0 aromatic carbocycles. The first kappa shape index (κ1) is 14.1. The second kappa shape index (κ2) is 5.74. The molecule has 1 heterocycles. The Balaban J connectivity index is 1.69. The Labute approximate surface area is 110 Å². The number of nitrogens with one attached hydrogen (secondary N) is 1. The fourth-order valence-electron chi connectivity index (χ4n) is 2.56. The Bertz CT molecular complexity index is 306. The van der Waals surface area contributed by atoms with Crippen molar-refractivity contribution in [3.8, 4) is 0 Å². The summed E-state index contributed by atoms with van der Waals surface area (Å²) in [7, 11) is 0. The van der Waals surface area contributed by atoms with E-state index in [9.17, 15) is 13.6 Å². The van der Waals surface area contributed by atoms with Crippen LogP contribution in [0.2, 0.25) is 0 Å². The van der Waals surface area contributed by atoms with Crippen molar-refractivity contribution < 1.29 is 18.3 Å². The number of carbonyl (C=O) groups is 1. The van der Waals surface area contributed by atoms with Gasteiger partial charge in [-0.15, -0.1) is 0 Å². The average molecular weight is 279 g/mol. The zero-order valence-corrected chi connectivity index (χ0v) is 11.3. The van der Waals surface area contributed by atoms with Gasteiger partial charge in [-0.1, -0.05) is 0 Å². The van der Waals surface area contributed by atoms with E-state index in [1.807, 2.05) is 11.8 Å². The third-order valence-electron chi connectivity index (χ3n) is 3.70. The largest absolute Gasteiger partial charge is 0.456 e. The van der Waals surface area contributed by atoms with Gasteiger partial charge in [-0.05, 0) is 31.9 Å². The second-order valence-electron chi connectivity index (χ2n) is 5.05. The summed E-state index contributed by atoms with van der Waals surface area (Å²) in [5.74, 6) is -4.66. The zero-order valence-electron chi connectivity index (χ0n) is 10.5. The third kappa shape index (κ3) is 3.35. The maximum absolute atomic E-state index is 12.9. The normalized spacial score (nSPS) is 35.5. The molecule has 2 aliphatic rings. The van der Waals surface area contributed by atoms with E-state index in [2.05, 4.69) is 16.3 Å². The molecule has 0 amide bonds. The van der Waals surface area contributed by atoms with Gasteiger partial charge in [0.1, 0.15) is 6.10 Å². The van der Waals surface area contributed by atoms with Gasteiger partial charge in [-0.3, -0.25) is 0 Å². The maximum atomic E-state index is 12.9. The van der Waals surface area contributed by atoms with Crippen molar-refractivity contribution in [1.29, 1.82) is 0 Å². The van der Waals surface area contributed by atoms with Crippen molar-refractivity contribution in [2.75, 3.05) is 12.8 Å². The summed E-state index contributed by atoms with van der Waals surface area (Å²) < 4.78 is 30.5. The van der Waals surface area contributed by atoms with Crippen LogP contribution in [0.3, 0.4) is 0 Å². The van der Waals surface area contributed by atoms with Crippen molar-refractivity contribution in [1.82, 2.24) is 5.32 Å². The Morgan fingerprint density at radius 1 is 1.39 bits per heavy atom. The number of hydrogen-bond acceptors (Lipinski definition) is 4. The van der Waals surface area contributed by atoms with Crippen LogP contribution in [0, 0.1) is 0 Å². The number of carbonyl (C=O) groups excluding carboxylic acids is 1. The van der Waals surface area contributed by atoms with Gasteiger partial charge in [0.2, 0.25) is 0 Å². The van der Waals surface area contributed by atoms with Crippen LogP contribution in [0.4, 0.5) is 8.78 Å². The highest BCUT2D eigenvalue weighted by Gasteiger charge is 2.50. The van der Waals surface area contributed by atoms with Crippen molar-refractivity contribution in [3.63, 3.8) is 0 Å². The molecule has 0 bridgehead atoms. The highest BCUT2D eigenvalue weighted by molar-refractivity contribution is 7.99. The van der Waals surface area contributed by atoms with E-state index in [1.165, 1.54) is 12.8 Å².